The Morgan fingerprint density at radius 2 is 2.14 bits per heavy atom. The number of carbonyl (C=O) groups is 1. The third-order valence-corrected chi connectivity index (χ3v) is 4.69. The molecule has 3 heterocycles. The van der Waals surface area contributed by atoms with Gasteiger partial charge < -0.3 is 14.9 Å². The van der Waals surface area contributed by atoms with Gasteiger partial charge in [0, 0.05) is 24.8 Å². The van der Waals surface area contributed by atoms with Gasteiger partial charge in [0.05, 0.1) is 0 Å². The number of hydrogen-bond donors (Lipinski definition) is 1. The molecule has 6 nitrogen and oxygen atoms in total. The number of likely N-dealkylation sites (tertiary alicyclic amines) is 1. The van der Waals surface area contributed by atoms with Crippen molar-refractivity contribution in [2.75, 3.05) is 31.6 Å². The number of aromatic nitrogens is 2. The number of piperidine rings is 2. The zero-order chi connectivity index (χ0) is 15.0. The average molecular weight is 290 g/mol. The second kappa shape index (κ2) is 5.60. The van der Waals surface area contributed by atoms with E-state index in [0.29, 0.717) is 23.6 Å². The maximum atomic E-state index is 11.1. The van der Waals surface area contributed by atoms with E-state index in [0.717, 1.165) is 19.5 Å². The minimum absolute atomic E-state index is 0.0837. The van der Waals surface area contributed by atoms with Gasteiger partial charge in [-0.1, -0.05) is 0 Å². The molecule has 0 saturated carbocycles. The summed E-state index contributed by atoms with van der Waals surface area (Å²) < 4.78 is 0. The van der Waals surface area contributed by atoms with E-state index in [1.165, 1.54) is 25.5 Å². The fourth-order valence-corrected chi connectivity index (χ4v) is 3.64. The summed E-state index contributed by atoms with van der Waals surface area (Å²) in [5, 5.41) is 9.14. The van der Waals surface area contributed by atoms with Crippen LogP contribution in [0.1, 0.15) is 35.4 Å². The summed E-state index contributed by atoms with van der Waals surface area (Å²) in [6, 6.07) is 2.17. The lowest BCUT2D eigenvalue weighted by atomic mass is 9.84. The van der Waals surface area contributed by atoms with E-state index < -0.39 is 5.97 Å². The molecule has 2 saturated heterocycles. The maximum absolute atomic E-state index is 11.1. The highest BCUT2D eigenvalue weighted by molar-refractivity contribution is 5.85. The van der Waals surface area contributed by atoms with Crippen LogP contribution in [0.5, 0.6) is 0 Å². The van der Waals surface area contributed by atoms with Crippen LogP contribution in [0, 0.1) is 12.8 Å². The molecule has 2 fully saturated rings. The molecular formula is C15H22N4O2. The number of anilines is 1. The fourth-order valence-electron chi connectivity index (χ4n) is 3.64. The lowest BCUT2D eigenvalue weighted by Gasteiger charge is -2.46. The summed E-state index contributed by atoms with van der Waals surface area (Å²) in [5.74, 6) is 0.211. The van der Waals surface area contributed by atoms with Crippen LogP contribution < -0.4 is 4.90 Å². The van der Waals surface area contributed by atoms with Crippen molar-refractivity contribution in [3.63, 3.8) is 0 Å². The summed E-state index contributed by atoms with van der Waals surface area (Å²) >= 11 is 0. The highest BCUT2D eigenvalue weighted by atomic mass is 16.4. The summed E-state index contributed by atoms with van der Waals surface area (Å²) in [5.41, 5.74) is 0.792. The molecule has 1 aromatic rings. The monoisotopic (exact) mass is 290 g/mol. The van der Waals surface area contributed by atoms with Gasteiger partial charge in [0.1, 0.15) is 0 Å². The minimum atomic E-state index is -0.992. The van der Waals surface area contributed by atoms with Crippen molar-refractivity contribution in [1.82, 2.24) is 14.9 Å². The van der Waals surface area contributed by atoms with Gasteiger partial charge in [0.25, 0.3) is 0 Å². The van der Waals surface area contributed by atoms with Gasteiger partial charge in [-0.2, -0.15) is 0 Å². The fraction of sp³-hybridized carbons (Fsp3) is 0.667. The molecule has 2 unspecified atom stereocenters. The predicted octanol–water partition coefficient (Wildman–Crippen LogP) is 1.40. The third kappa shape index (κ3) is 2.85. The van der Waals surface area contributed by atoms with E-state index in [-0.39, 0.29) is 5.69 Å². The Kier molecular flexibility index (Phi) is 3.80. The zero-order valence-electron chi connectivity index (χ0n) is 12.6. The molecule has 1 N–H and O–H groups in total. The molecule has 0 aliphatic carbocycles. The summed E-state index contributed by atoms with van der Waals surface area (Å²) in [6.45, 7) is 4.83. The molecule has 2 aliphatic heterocycles. The number of aromatic carboxylic acids is 1. The van der Waals surface area contributed by atoms with Gasteiger partial charge in [-0.3, -0.25) is 0 Å². The molecular weight excluding hydrogens is 268 g/mol. The lowest BCUT2D eigenvalue weighted by molar-refractivity contribution is 0.0690. The Bertz CT molecular complexity index is 548. The number of carboxylic acid groups (broad SMARTS) is 1. The van der Waals surface area contributed by atoms with Crippen LogP contribution in [-0.4, -0.2) is 58.7 Å². The number of fused-ring (bicyclic) bond motifs is 1. The zero-order valence-corrected chi connectivity index (χ0v) is 12.6. The summed E-state index contributed by atoms with van der Waals surface area (Å²) in [4.78, 5) is 24.4. The third-order valence-electron chi connectivity index (χ3n) is 4.69. The first-order valence-corrected chi connectivity index (χ1v) is 7.59. The van der Waals surface area contributed by atoms with Gasteiger partial charge in [0.15, 0.2) is 5.69 Å². The van der Waals surface area contributed by atoms with Crippen LogP contribution in [0.3, 0.4) is 0 Å². The number of rotatable bonds is 2. The Morgan fingerprint density at radius 3 is 2.90 bits per heavy atom. The highest BCUT2D eigenvalue weighted by Crippen LogP contribution is 2.30. The van der Waals surface area contributed by atoms with Crippen molar-refractivity contribution in [2.24, 2.45) is 5.92 Å². The van der Waals surface area contributed by atoms with E-state index >= 15 is 0 Å². The Hall–Kier alpha value is -1.69. The van der Waals surface area contributed by atoms with E-state index in [2.05, 4.69) is 26.8 Å². The molecule has 114 valence electrons. The first-order valence-electron chi connectivity index (χ1n) is 7.59. The summed E-state index contributed by atoms with van der Waals surface area (Å²) in [7, 11) is 2.21. The van der Waals surface area contributed by atoms with Gasteiger partial charge in [-0.15, -0.1) is 0 Å². The first kappa shape index (κ1) is 14.3. The second-order valence-electron chi connectivity index (χ2n) is 6.18. The number of carboxylic acids is 1. The highest BCUT2D eigenvalue weighted by Gasteiger charge is 2.35. The molecule has 0 aromatic carbocycles. The molecule has 1 aromatic heterocycles. The van der Waals surface area contributed by atoms with Gasteiger partial charge in [-0.05, 0) is 51.8 Å². The molecule has 2 atom stereocenters. The molecule has 3 rings (SSSR count). The van der Waals surface area contributed by atoms with Crippen molar-refractivity contribution < 1.29 is 9.90 Å². The molecule has 0 spiro atoms. The minimum Gasteiger partial charge on any atom is -0.477 e. The van der Waals surface area contributed by atoms with Crippen molar-refractivity contribution in [3.05, 3.63) is 17.5 Å². The van der Waals surface area contributed by atoms with Crippen LogP contribution in [0.4, 0.5) is 5.95 Å². The average Bonchev–Trinajstić information content (AvgIpc) is 2.46. The van der Waals surface area contributed by atoms with E-state index in [1.807, 2.05) is 6.92 Å². The standard InChI is InChI=1S/C15H22N4O2/c1-10-8-12(14(20)21)17-15(16-10)19-7-5-13-11(9-19)4-3-6-18(13)2/h8,11,13H,3-7,9H2,1-2H3,(H,20,21). The Balaban J connectivity index is 1.80. The Labute approximate surface area is 124 Å². The topological polar surface area (TPSA) is 69.6 Å². The second-order valence-corrected chi connectivity index (χ2v) is 6.18. The molecule has 2 aliphatic rings. The van der Waals surface area contributed by atoms with Crippen LogP contribution >= 0.6 is 0 Å². The Morgan fingerprint density at radius 1 is 1.33 bits per heavy atom. The molecule has 6 heteroatoms. The maximum Gasteiger partial charge on any atom is 0.354 e. The SMILES string of the molecule is Cc1cc(C(=O)O)nc(N2CCC3C(CCCN3C)C2)n1. The molecule has 0 bridgehead atoms. The van der Waals surface area contributed by atoms with Gasteiger partial charge in [-0.25, -0.2) is 14.8 Å². The molecule has 21 heavy (non-hydrogen) atoms. The van der Waals surface area contributed by atoms with E-state index in [9.17, 15) is 4.79 Å². The normalized spacial score (nSPS) is 26.5. The quantitative estimate of drug-likeness (QED) is 0.888. The number of hydrogen-bond acceptors (Lipinski definition) is 5. The first-order chi connectivity index (χ1) is 10.0. The van der Waals surface area contributed by atoms with Crippen molar-refractivity contribution >= 4 is 11.9 Å². The van der Waals surface area contributed by atoms with Crippen LogP contribution in [0.2, 0.25) is 0 Å². The number of nitrogens with zero attached hydrogens (tertiary/aromatic N) is 4. The van der Waals surface area contributed by atoms with Crippen LogP contribution in [-0.2, 0) is 0 Å². The van der Waals surface area contributed by atoms with Gasteiger partial charge in [0.2, 0.25) is 5.95 Å². The van der Waals surface area contributed by atoms with Crippen LogP contribution in [0.15, 0.2) is 6.07 Å². The van der Waals surface area contributed by atoms with Crippen molar-refractivity contribution in [3.8, 4) is 0 Å². The van der Waals surface area contributed by atoms with Crippen molar-refractivity contribution in [1.29, 1.82) is 0 Å². The predicted molar refractivity (Wildman–Crippen MR) is 79.7 cm³/mol. The summed E-state index contributed by atoms with van der Waals surface area (Å²) in [6.07, 6.45) is 3.57. The largest absolute Gasteiger partial charge is 0.477 e. The van der Waals surface area contributed by atoms with Crippen LogP contribution in [0.25, 0.3) is 0 Å². The molecule has 0 amide bonds. The van der Waals surface area contributed by atoms with Crippen molar-refractivity contribution in [2.45, 2.75) is 32.2 Å². The number of aryl methyl sites for hydroxylation is 1. The molecule has 0 radical (unpaired) electrons. The lowest BCUT2D eigenvalue weighted by Crippen LogP contribution is -2.53. The smallest absolute Gasteiger partial charge is 0.354 e. The van der Waals surface area contributed by atoms with E-state index in [1.54, 1.807) is 0 Å². The van der Waals surface area contributed by atoms with E-state index in [4.69, 9.17) is 5.11 Å². The van der Waals surface area contributed by atoms with Gasteiger partial charge >= 0.3 is 5.97 Å².